The van der Waals surface area contributed by atoms with E-state index < -0.39 is 0 Å². The Balaban J connectivity index is 2.07. The predicted octanol–water partition coefficient (Wildman–Crippen LogP) is 3.08. The molecule has 6 heteroatoms. The number of hydrogen-bond acceptors (Lipinski definition) is 4. The van der Waals surface area contributed by atoms with Crippen molar-refractivity contribution in [2.75, 3.05) is 12.4 Å². The summed E-state index contributed by atoms with van der Waals surface area (Å²) in [7, 11) is 1.78. The number of aryl methyl sites for hydroxylation is 1. The van der Waals surface area contributed by atoms with Crippen molar-refractivity contribution >= 4 is 34.5 Å². The molecule has 0 aromatic carbocycles. The van der Waals surface area contributed by atoms with E-state index in [0.29, 0.717) is 12.1 Å². The largest absolute Gasteiger partial charge is 0.387 e. The molecule has 2 rings (SSSR count). The molecular weight excluding hydrogens is 282 g/mol. The molecule has 4 nitrogen and oxygen atoms in total. The quantitative estimate of drug-likeness (QED) is 0.911. The van der Waals surface area contributed by atoms with E-state index in [9.17, 15) is 4.79 Å². The highest BCUT2D eigenvalue weighted by Crippen LogP contribution is 2.21. The molecule has 0 saturated carbocycles. The maximum Gasteiger partial charge on any atom is 0.255 e. The second kappa shape index (κ2) is 6.04. The number of carbonyl (C=O) groups excluding carboxylic acids is 1. The standard InChI is InChI=1S/C13H14ClN3OS/c1-8-5-11(15-2)10(7-16-8)13(18)17-6-9-3-4-12(14)19-9/h3-5,7H,6H2,1-2H3,(H,15,16)(H,17,18). The van der Waals surface area contributed by atoms with Gasteiger partial charge >= 0.3 is 0 Å². The zero-order valence-electron chi connectivity index (χ0n) is 10.7. The minimum absolute atomic E-state index is 0.152. The lowest BCUT2D eigenvalue weighted by atomic mass is 10.2. The van der Waals surface area contributed by atoms with E-state index >= 15 is 0 Å². The van der Waals surface area contributed by atoms with Crippen LogP contribution in [0.2, 0.25) is 4.34 Å². The Morgan fingerprint density at radius 1 is 1.47 bits per heavy atom. The Hall–Kier alpha value is -1.59. The maximum absolute atomic E-state index is 12.1. The van der Waals surface area contributed by atoms with Gasteiger partial charge < -0.3 is 10.6 Å². The number of rotatable bonds is 4. The first-order valence-corrected chi connectivity index (χ1v) is 6.96. The van der Waals surface area contributed by atoms with Gasteiger partial charge in [0.15, 0.2) is 0 Å². The molecule has 0 aliphatic carbocycles. The summed E-state index contributed by atoms with van der Waals surface area (Å²) in [6.07, 6.45) is 1.58. The number of nitrogens with one attached hydrogen (secondary N) is 2. The number of anilines is 1. The fourth-order valence-corrected chi connectivity index (χ4v) is 2.68. The molecule has 0 atom stereocenters. The molecule has 0 unspecified atom stereocenters. The van der Waals surface area contributed by atoms with Crippen LogP contribution in [0, 0.1) is 6.92 Å². The zero-order chi connectivity index (χ0) is 13.8. The summed E-state index contributed by atoms with van der Waals surface area (Å²) in [6, 6.07) is 5.57. The van der Waals surface area contributed by atoms with Crippen molar-refractivity contribution in [2.45, 2.75) is 13.5 Å². The molecule has 0 spiro atoms. The number of hydrogen-bond donors (Lipinski definition) is 2. The van der Waals surface area contributed by atoms with Crippen molar-refractivity contribution in [3.05, 3.63) is 44.9 Å². The molecule has 0 aliphatic rings. The Labute approximate surface area is 120 Å². The number of thiophene rings is 1. The van der Waals surface area contributed by atoms with Crippen molar-refractivity contribution in [1.29, 1.82) is 0 Å². The third-order valence-electron chi connectivity index (χ3n) is 2.61. The Bertz CT molecular complexity index is 597. The highest BCUT2D eigenvalue weighted by atomic mass is 35.5. The molecule has 0 radical (unpaired) electrons. The Morgan fingerprint density at radius 2 is 2.26 bits per heavy atom. The summed E-state index contributed by atoms with van der Waals surface area (Å²) in [5, 5.41) is 5.86. The maximum atomic E-state index is 12.1. The van der Waals surface area contributed by atoms with E-state index in [1.807, 2.05) is 25.1 Å². The molecular formula is C13H14ClN3OS. The SMILES string of the molecule is CNc1cc(C)ncc1C(=O)NCc1ccc(Cl)s1. The van der Waals surface area contributed by atoms with Gasteiger partial charge in [0, 0.05) is 23.8 Å². The molecule has 100 valence electrons. The number of amides is 1. The monoisotopic (exact) mass is 295 g/mol. The first-order chi connectivity index (χ1) is 9.10. The summed E-state index contributed by atoms with van der Waals surface area (Å²) in [5.41, 5.74) is 2.18. The van der Waals surface area contributed by atoms with E-state index in [0.717, 1.165) is 20.6 Å². The summed E-state index contributed by atoms with van der Waals surface area (Å²) in [4.78, 5) is 17.3. The lowest BCUT2D eigenvalue weighted by Gasteiger charge is -2.09. The van der Waals surface area contributed by atoms with Gasteiger partial charge in [-0.15, -0.1) is 11.3 Å². The average molecular weight is 296 g/mol. The van der Waals surface area contributed by atoms with Crippen LogP contribution in [0.1, 0.15) is 20.9 Å². The summed E-state index contributed by atoms with van der Waals surface area (Å²) in [6.45, 7) is 2.35. The summed E-state index contributed by atoms with van der Waals surface area (Å²) >= 11 is 7.30. The van der Waals surface area contributed by atoms with Crippen LogP contribution < -0.4 is 10.6 Å². The van der Waals surface area contributed by atoms with Crippen LogP contribution in [-0.4, -0.2) is 17.9 Å². The zero-order valence-corrected chi connectivity index (χ0v) is 12.2. The van der Waals surface area contributed by atoms with Gasteiger partial charge in [0.25, 0.3) is 5.91 Å². The van der Waals surface area contributed by atoms with Gasteiger partial charge in [-0.3, -0.25) is 9.78 Å². The van der Waals surface area contributed by atoms with Crippen molar-refractivity contribution in [3.8, 4) is 0 Å². The van der Waals surface area contributed by atoms with Crippen molar-refractivity contribution in [2.24, 2.45) is 0 Å². The minimum atomic E-state index is -0.152. The summed E-state index contributed by atoms with van der Waals surface area (Å²) < 4.78 is 0.720. The molecule has 0 aliphatic heterocycles. The molecule has 0 saturated heterocycles. The van der Waals surface area contributed by atoms with E-state index in [4.69, 9.17) is 11.6 Å². The fraction of sp³-hybridized carbons (Fsp3) is 0.231. The normalized spacial score (nSPS) is 10.3. The first-order valence-electron chi connectivity index (χ1n) is 5.77. The van der Waals surface area contributed by atoms with E-state index in [-0.39, 0.29) is 5.91 Å². The number of carbonyl (C=O) groups is 1. The number of aromatic nitrogens is 1. The fourth-order valence-electron chi connectivity index (χ4n) is 1.66. The first kappa shape index (κ1) is 13.8. The third-order valence-corrected chi connectivity index (χ3v) is 3.84. The minimum Gasteiger partial charge on any atom is -0.387 e. The molecule has 2 heterocycles. The molecule has 0 fully saturated rings. The predicted molar refractivity (Wildman–Crippen MR) is 79.0 cm³/mol. The van der Waals surface area contributed by atoms with Crippen molar-refractivity contribution in [1.82, 2.24) is 10.3 Å². The number of halogens is 1. The van der Waals surface area contributed by atoms with Gasteiger partial charge in [-0.05, 0) is 25.1 Å². The van der Waals surface area contributed by atoms with Gasteiger partial charge in [-0.1, -0.05) is 11.6 Å². The van der Waals surface area contributed by atoms with Crippen LogP contribution in [-0.2, 0) is 6.54 Å². The van der Waals surface area contributed by atoms with Crippen molar-refractivity contribution < 1.29 is 4.79 Å². The molecule has 1 amide bonds. The van der Waals surface area contributed by atoms with Crippen LogP contribution in [0.25, 0.3) is 0 Å². The second-order valence-corrected chi connectivity index (χ2v) is 5.81. The third kappa shape index (κ3) is 3.45. The number of nitrogens with zero attached hydrogens (tertiary/aromatic N) is 1. The van der Waals surface area contributed by atoms with Crippen LogP contribution in [0.4, 0.5) is 5.69 Å². The Morgan fingerprint density at radius 3 is 2.89 bits per heavy atom. The van der Waals surface area contributed by atoms with Crippen LogP contribution in [0.5, 0.6) is 0 Å². The van der Waals surface area contributed by atoms with E-state index in [2.05, 4.69) is 15.6 Å². The molecule has 0 bridgehead atoms. The smallest absolute Gasteiger partial charge is 0.255 e. The van der Waals surface area contributed by atoms with Crippen LogP contribution >= 0.6 is 22.9 Å². The molecule has 19 heavy (non-hydrogen) atoms. The topological polar surface area (TPSA) is 54.0 Å². The molecule has 2 aromatic rings. The van der Waals surface area contributed by atoms with Gasteiger partial charge in [0.05, 0.1) is 22.1 Å². The van der Waals surface area contributed by atoms with E-state index in [1.54, 1.807) is 13.2 Å². The Kier molecular flexibility index (Phi) is 4.39. The highest BCUT2D eigenvalue weighted by Gasteiger charge is 2.11. The van der Waals surface area contributed by atoms with E-state index in [1.165, 1.54) is 11.3 Å². The van der Waals surface area contributed by atoms with Crippen molar-refractivity contribution in [3.63, 3.8) is 0 Å². The van der Waals surface area contributed by atoms with Crippen LogP contribution in [0.15, 0.2) is 24.4 Å². The van der Waals surface area contributed by atoms with Gasteiger partial charge in [-0.2, -0.15) is 0 Å². The lowest BCUT2D eigenvalue weighted by molar-refractivity contribution is 0.0952. The average Bonchev–Trinajstić information content (AvgIpc) is 2.81. The molecule has 2 N–H and O–H groups in total. The second-order valence-electron chi connectivity index (χ2n) is 4.01. The van der Waals surface area contributed by atoms with Crippen LogP contribution in [0.3, 0.4) is 0 Å². The number of pyridine rings is 1. The van der Waals surface area contributed by atoms with Gasteiger partial charge in [0.2, 0.25) is 0 Å². The highest BCUT2D eigenvalue weighted by molar-refractivity contribution is 7.16. The lowest BCUT2D eigenvalue weighted by Crippen LogP contribution is -2.23. The van der Waals surface area contributed by atoms with Gasteiger partial charge in [0.1, 0.15) is 0 Å². The summed E-state index contributed by atoms with van der Waals surface area (Å²) in [5.74, 6) is -0.152. The van der Waals surface area contributed by atoms with Gasteiger partial charge in [-0.25, -0.2) is 0 Å². The molecule has 2 aromatic heterocycles.